The first-order chi connectivity index (χ1) is 4.55. The number of rotatable bonds is 0. The number of hydrogen-bond acceptors (Lipinski definition) is 1. The van der Waals surface area contributed by atoms with E-state index in [1.165, 1.54) is 19.3 Å². The van der Waals surface area contributed by atoms with Crippen molar-refractivity contribution < 1.29 is 5.11 Å². The first kappa shape index (κ1) is 6.66. The summed E-state index contributed by atoms with van der Waals surface area (Å²) in [7, 11) is 0. The van der Waals surface area contributed by atoms with Gasteiger partial charge in [-0.25, -0.2) is 0 Å². The zero-order chi connectivity index (χ0) is 7.41. The summed E-state index contributed by atoms with van der Waals surface area (Å²) in [5, 5.41) is 9.85. The second-order valence-electron chi connectivity index (χ2n) is 4.60. The molecule has 0 aromatic carbocycles. The van der Waals surface area contributed by atoms with Gasteiger partial charge in [0.2, 0.25) is 0 Å². The molecule has 3 atom stereocenters. The van der Waals surface area contributed by atoms with Gasteiger partial charge in [-0.15, -0.1) is 0 Å². The van der Waals surface area contributed by atoms with E-state index in [9.17, 15) is 5.11 Å². The van der Waals surface area contributed by atoms with Gasteiger partial charge in [-0.2, -0.15) is 0 Å². The molecule has 2 rings (SSSR count). The van der Waals surface area contributed by atoms with Crippen LogP contribution in [0.2, 0.25) is 0 Å². The average molecular weight is 140 g/mol. The van der Waals surface area contributed by atoms with Crippen LogP contribution < -0.4 is 0 Å². The fourth-order valence-corrected chi connectivity index (χ4v) is 2.86. The van der Waals surface area contributed by atoms with Gasteiger partial charge in [0, 0.05) is 0 Å². The van der Waals surface area contributed by atoms with Crippen molar-refractivity contribution in [2.45, 2.75) is 45.1 Å². The minimum atomic E-state index is -0.326. The largest absolute Gasteiger partial charge is 0.390 e. The minimum Gasteiger partial charge on any atom is -0.390 e. The molecule has 58 valence electrons. The maximum absolute atomic E-state index is 9.85. The van der Waals surface area contributed by atoms with Gasteiger partial charge < -0.3 is 5.11 Å². The van der Waals surface area contributed by atoms with Gasteiger partial charge in [0.05, 0.1) is 5.60 Å². The molecule has 0 bridgehead atoms. The van der Waals surface area contributed by atoms with Gasteiger partial charge in [0.25, 0.3) is 0 Å². The van der Waals surface area contributed by atoms with Gasteiger partial charge >= 0.3 is 0 Å². The molecule has 2 aliphatic rings. The smallest absolute Gasteiger partial charge is 0.0653 e. The molecule has 0 aliphatic heterocycles. The Morgan fingerprint density at radius 3 is 2.10 bits per heavy atom. The fourth-order valence-electron chi connectivity index (χ4n) is 2.86. The standard InChI is InChI=1S/C9H16O/c1-8-4-3-7(8)9(2,10)6-5-8/h7,10H,3-6H2,1-2H3/t7-,8-,9+/m1/s1. The Morgan fingerprint density at radius 1 is 1.20 bits per heavy atom. The lowest BCUT2D eigenvalue weighted by molar-refractivity contribution is -0.0595. The maximum Gasteiger partial charge on any atom is 0.0653 e. The van der Waals surface area contributed by atoms with E-state index in [0.29, 0.717) is 11.3 Å². The topological polar surface area (TPSA) is 20.2 Å². The molecular formula is C9H16O. The molecule has 0 spiro atoms. The number of fused-ring (bicyclic) bond motifs is 1. The molecule has 1 N–H and O–H groups in total. The SMILES string of the molecule is C[C@]12CC[C@H]1[C@@](C)(O)CC2. The first-order valence-electron chi connectivity index (χ1n) is 4.27. The van der Waals surface area contributed by atoms with E-state index in [1.54, 1.807) is 0 Å². The lowest BCUT2D eigenvalue weighted by Crippen LogP contribution is -2.43. The van der Waals surface area contributed by atoms with Crippen molar-refractivity contribution in [3.05, 3.63) is 0 Å². The molecule has 0 radical (unpaired) electrons. The Hall–Kier alpha value is -0.0400. The van der Waals surface area contributed by atoms with Crippen LogP contribution in [0.15, 0.2) is 0 Å². The van der Waals surface area contributed by atoms with Gasteiger partial charge in [0.1, 0.15) is 0 Å². The maximum atomic E-state index is 9.85. The second kappa shape index (κ2) is 1.58. The first-order valence-corrected chi connectivity index (χ1v) is 4.27. The molecule has 10 heavy (non-hydrogen) atoms. The summed E-state index contributed by atoms with van der Waals surface area (Å²) in [5.74, 6) is 0.611. The van der Waals surface area contributed by atoms with Crippen LogP contribution in [0.3, 0.4) is 0 Å². The zero-order valence-electron chi connectivity index (χ0n) is 6.85. The molecule has 0 amide bonds. The normalized spacial score (nSPS) is 59.7. The van der Waals surface area contributed by atoms with Crippen LogP contribution >= 0.6 is 0 Å². The Morgan fingerprint density at radius 2 is 1.90 bits per heavy atom. The zero-order valence-corrected chi connectivity index (χ0v) is 6.85. The van der Waals surface area contributed by atoms with Crippen molar-refractivity contribution in [3.8, 4) is 0 Å². The molecule has 2 fully saturated rings. The van der Waals surface area contributed by atoms with Crippen LogP contribution in [-0.2, 0) is 0 Å². The third kappa shape index (κ3) is 0.619. The van der Waals surface area contributed by atoms with Crippen LogP contribution in [0.4, 0.5) is 0 Å². The summed E-state index contributed by atoms with van der Waals surface area (Å²) < 4.78 is 0. The summed E-state index contributed by atoms with van der Waals surface area (Å²) in [5.41, 5.74) is 0.191. The highest BCUT2D eigenvalue weighted by molar-refractivity contribution is 5.07. The molecule has 1 heteroatoms. The fraction of sp³-hybridized carbons (Fsp3) is 1.00. The second-order valence-corrected chi connectivity index (χ2v) is 4.60. The van der Waals surface area contributed by atoms with Crippen molar-refractivity contribution in [2.75, 3.05) is 0 Å². The third-order valence-corrected chi connectivity index (χ3v) is 3.80. The Balaban J connectivity index is 2.22. The van der Waals surface area contributed by atoms with Gasteiger partial charge in [-0.3, -0.25) is 0 Å². The molecule has 0 aromatic rings. The molecule has 0 heterocycles. The summed E-state index contributed by atoms with van der Waals surface area (Å²) in [6, 6.07) is 0. The molecule has 1 nitrogen and oxygen atoms in total. The molecule has 2 aliphatic carbocycles. The van der Waals surface area contributed by atoms with E-state index in [-0.39, 0.29) is 5.60 Å². The Bertz CT molecular complexity index is 151. The molecule has 2 saturated carbocycles. The third-order valence-electron chi connectivity index (χ3n) is 3.80. The quantitative estimate of drug-likeness (QED) is 0.545. The van der Waals surface area contributed by atoms with E-state index < -0.39 is 0 Å². The lowest BCUT2D eigenvalue weighted by Gasteiger charge is -2.46. The van der Waals surface area contributed by atoms with E-state index in [1.807, 2.05) is 6.92 Å². The predicted octanol–water partition coefficient (Wildman–Crippen LogP) is 1.95. The van der Waals surface area contributed by atoms with Crippen LogP contribution in [-0.4, -0.2) is 10.7 Å². The monoisotopic (exact) mass is 140 g/mol. The summed E-state index contributed by atoms with van der Waals surface area (Å²) >= 11 is 0. The number of aliphatic hydroxyl groups is 1. The van der Waals surface area contributed by atoms with Crippen molar-refractivity contribution in [3.63, 3.8) is 0 Å². The Kier molecular flexibility index (Phi) is 1.05. The van der Waals surface area contributed by atoms with Crippen LogP contribution in [0, 0.1) is 11.3 Å². The molecular weight excluding hydrogens is 124 g/mol. The van der Waals surface area contributed by atoms with Gasteiger partial charge in [0.15, 0.2) is 0 Å². The average Bonchev–Trinajstić information content (AvgIpc) is 1.90. The van der Waals surface area contributed by atoms with E-state index >= 15 is 0 Å². The van der Waals surface area contributed by atoms with Crippen LogP contribution in [0.5, 0.6) is 0 Å². The van der Waals surface area contributed by atoms with Crippen molar-refractivity contribution in [2.24, 2.45) is 11.3 Å². The van der Waals surface area contributed by atoms with E-state index in [0.717, 1.165) is 6.42 Å². The summed E-state index contributed by atoms with van der Waals surface area (Å²) in [6.07, 6.45) is 4.86. The van der Waals surface area contributed by atoms with Gasteiger partial charge in [-0.05, 0) is 43.9 Å². The molecule has 0 saturated heterocycles. The number of hydrogen-bond donors (Lipinski definition) is 1. The van der Waals surface area contributed by atoms with E-state index in [2.05, 4.69) is 6.92 Å². The van der Waals surface area contributed by atoms with Crippen molar-refractivity contribution in [1.29, 1.82) is 0 Å². The lowest BCUT2D eigenvalue weighted by atomic mass is 9.60. The highest BCUT2D eigenvalue weighted by Crippen LogP contribution is 2.61. The van der Waals surface area contributed by atoms with Crippen molar-refractivity contribution >= 4 is 0 Å². The molecule has 0 aromatic heterocycles. The minimum absolute atomic E-state index is 0.326. The van der Waals surface area contributed by atoms with Crippen molar-refractivity contribution in [1.82, 2.24) is 0 Å². The van der Waals surface area contributed by atoms with Crippen LogP contribution in [0.25, 0.3) is 0 Å². The predicted molar refractivity (Wildman–Crippen MR) is 40.7 cm³/mol. The highest BCUT2D eigenvalue weighted by Gasteiger charge is 2.56. The van der Waals surface area contributed by atoms with Gasteiger partial charge in [-0.1, -0.05) is 6.92 Å². The summed E-state index contributed by atoms with van der Waals surface area (Å²) in [6.45, 7) is 4.32. The summed E-state index contributed by atoms with van der Waals surface area (Å²) in [4.78, 5) is 0. The van der Waals surface area contributed by atoms with E-state index in [4.69, 9.17) is 0 Å². The highest BCUT2D eigenvalue weighted by atomic mass is 16.3. The Labute approximate surface area is 62.4 Å². The van der Waals surface area contributed by atoms with Crippen LogP contribution in [0.1, 0.15) is 39.5 Å². The molecule has 0 unspecified atom stereocenters.